The number of amides is 1. The first-order chi connectivity index (χ1) is 13.8. The van der Waals surface area contributed by atoms with Crippen LogP contribution in [0.15, 0.2) is 58.1 Å². The maximum Gasteiger partial charge on any atom is 0.289 e. The summed E-state index contributed by atoms with van der Waals surface area (Å²) in [6.07, 6.45) is 2.38. The third-order valence-corrected chi connectivity index (χ3v) is 4.51. The lowest BCUT2D eigenvalue weighted by molar-refractivity contribution is 0.0657. The smallest absolute Gasteiger partial charge is 0.289 e. The minimum absolute atomic E-state index is 0.0512. The van der Waals surface area contributed by atoms with Crippen molar-refractivity contribution in [3.8, 4) is 5.75 Å². The van der Waals surface area contributed by atoms with E-state index >= 15 is 0 Å². The fourth-order valence-corrected chi connectivity index (χ4v) is 3.06. The number of para-hydroxylation sites is 1. The molecular weight excluding hydrogens is 356 g/mol. The first kappa shape index (κ1) is 19.8. The maximum atomic E-state index is 12.4. The van der Waals surface area contributed by atoms with E-state index in [0.29, 0.717) is 32.0 Å². The molecule has 1 aliphatic heterocycles. The Labute approximate surface area is 166 Å². The number of furan rings is 1. The van der Waals surface area contributed by atoms with E-state index in [1.165, 1.54) is 6.26 Å². The van der Waals surface area contributed by atoms with Gasteiger partial charge in [-0.3, -0.25) is 9.79 Å². The number of benzene rings is 1. The van der Waals surface area contributed by atoms with E-state index in [4.69, 9.17) is 14.1 Å². The van der Waals surface area contributed by atoms with Crippen LogP contribution in [-0.2, 0) is 0 Å². The molecule has 3 rings (SSSR count). The van der Waals surface area contributed by atoms with Crippen LogP contribution in [0.2, 0.25) is 0 Å². The molecule has 2 aromatic rings. The van der Waals surface area contributed by atoms with Gasteiger partial charge >= 0.3 is 0 Å². The topological polar surface area (TPSA) is 70.3 Å². The molecule has 1 saturated heterocycles. The van der Waals surface area contributed by atoms with Gasteiger partial charge in [0.25, 0.3) is 5.91 Å². The van der Waals surface area contributed by atoms with E-state index in [0.717, 1.165) is 37.8 Å². The van der Waals surface area contributed by atoms with Crippen LogP contribution in [0.25, 0.3) is 0 Å². The Hall–Kier alpha value is -2.96. The summed E-state index contributed by atoms with van der Waals surface area (Å²) < 4.78 is 10.9. The van der Waals surface area contributed by atoms with Gasteiger partial charge in [-0.25, -0.2) is 0 Å². The molecule has 1 amide bonds. The molecule has 0 spiro atoms. The number of aliphatic imine (C=N–C) groups is 1. The Morgan fingerprint density at radius 2 is 1.86 bits per heavy atom. The molecule has 7 nitrogen and oxygen atoms in total. The van der Waals surface area contributed by atoms with Crippen molar-refractivity contribution in [1.82, 2.24) is 15.1 Å². The number of carbonyl (C=O) groups is 1. The Bertz CT molecular complexity index is 738. The molecule has 1 aromatic heterocycles. The largest absolute Gasteiger partial charge is 0.494 e. The third kappa shape index (κ3) is 5.52. The lowest BCUT2D eigenvalue weighted by Crippen LogP contribution is -2.53. The molecule has 1 fully saturated rings. The number of nitrogens with one attached hydrogen (secondary N) is 1. The number of nitrogens with zero attached hydrogens (tertiary/aromatic N) is 3. The van der Waals surface area contributed by atoms with Gasteiger partial charge in [-0.1, -0.05) is 18.2 Å². The van der Waals surface area contributed by atoms with E-state index in [1.807, 2.05) is 35.2 Å². The zero-order valence-electron chi connectivity index (χ0n) is 16.3. The Kier molecular flexibility index (Phi) is 7.35. The summed E-state index contributed by atoms with van der Waals surface area (Å²) in [5.41, 5.74) is 0. The van der Waals surface area contributed by atoms with Gasteiger partial charge in [0.2, 0.25) is 0 Å². The molecule has 0 bridgehead atoms. The first-order valence-corrected chi connectivity index (χ1v) is 9.82. The van der Waals surface area contributed by atoms with Gasteiger partial charge in [0.1, 0.15) is 5.75 Å². The summed E-state index contributed by atoms with van der Waals surface area (Å²) in [5.74, 6) is 2.13. The predicted molar refractivity (Wildman–Crippen MR) is 109 cm³/mol. The highest BCUT2D eigenvalue weighted by Crippen LogP contribution is 2.10. The molecule has 28 heavy (non-hydrogen) atoms. The highest BCUT2D eigenvalue weighted by atomic mass is 16.5. The van der Waals surface area contributed by atoms with Gasteiger partial charge in [-0.05, 0) is 31.2 Å². The van der Waals surface area contributed by atoms with Crippen molar-refractivity contribution in [3.63, 3.8) is 0 Å². The van der Waals surface area contributed by atoms with E-state index in [1.54, 1.807) is 12.1 Å². The van der Waals surface area contributed by atoms with Crippen LogP contribution in [0.3, 0.4) is 0 Å². The van der Waals surface area contributed by atoms with Crippen LogP contribution in [0.4, 0.5) is 0 Å². The predicted octanol–water partition coefficient (Wildman–Crippen LogP) is 2.47. The van der Waals surface area contributed by atoms with Gasteiger partial charge in [-0.15, -0.1) is 0 Å². The number of piperazine rings is 1. The third-order valence-electron chi connectivity index (χ3n) is 4.51. The molecule has 1 aliphatic rings. The average molecular weight is 384 g/mol. The van der Waals surface area contributed by atoms with Crippen LogP contribution in [0.1, 0.15) is 23.9 Å². The SMILES string of the molecule is CCNC(=NCCCOc1ccccc1)N1CCN(C(=O)c2ccco2)CC1. The van der Waals surface area contributed by atoms with Crippen molar-refractivity contribution >= 4 is 11.9 Å². The fourth-order valence-electron chi connectivity index (χ4n) is 3.06. The number of guanidine groups is 1. The summed E-state index contributed by atoms with van der Waals surface area (Å²) in [7, 11) is 0. The van der Waals surface area contributed by atoms with E-state index in [2.05, 4.69) is 17.1 Å². The van der Waals surface area contributed by atoms with Gasteiger partial charge in [-0.2, -0.15) is 0 Å². The summed E-state index contributed by atoms with van der Waals surface area (Å²) >= 11 is 0. The number of carbonyl (C=O) groups excluding carboxylic acids is 1. The fraction of sp³-hybridized carbons (Fsp3) is 0.429. The first-order valence-electron chi connectivity index (χ1n) is 9.82. The van der Waals surface area contributed by atoms with Crippen LogP contribution in [0.5, 0.6) is 5.75 Å². The molecule has 7 heteroatoms. The van der Waals surface area contributed by atoms with E-state index in [-0.39, 0.29) is 5.91 Å². The van der Waals surface area contributed by atoms with Crippen LogP contribution in [0, 0.1) is 0 Å². The lowest BCUT2D eigenvalue weighted by atomic mass is 10.3. The molecule has 0 unspecified atom stereocenters. The monoisotopic (exact) mass is 384 g/mol. The standard InChI is InChI=1S/C21H28N4O3/c1-2-22-21(23-11-7-17-27-18-8-4-3-5-9-18)25-14-12-24(13-15-25)20(26)19-10-6-16-28-19/h3-6,8-10,16H,2,7,11-15,17H2,1H3,(H,22,23). The van der Waals surface area contributed by atoms with Crippen molar-refractivity contribution in [2.75, 3.05) is 45.9 Å². The second kappa shape index (κ2) is 10.4. The summed E-state index contributed by atoms with van der Waals surface area (Å²) in [5, 5.41) is 3.35. The van der Waals surface area contributed by atoms with E-state index in [9.17, 15) is 4.79 Å². The molecule has 0 radical (unpaired) electrons. The van der Waals surface area contributed by atoms with E-state index < -0.39 is 0 Å². The Morgan fingerprint density at radius 3 is 2.54 bits per heavy atom. The molecule has 1 N–H and O–H groups in total. The molecule has 0 atom stereocenters. The molecular formula is C21H28N4O3. The highest BCUT2D eigenvalue weighted by molar-refractivity contribution is 5.91. The van der Waals surface area contributed by atoms with Crippen molar-refractivity contribution in [2.24, 2.45) is 4.99 Å². The normalized spacial score (nSPS) is 14.8. The van der Waals surface area contributed by atoms with Crippen molar-refractivity contribution in [1.29, 1.82) is 0 Å². The second-order valence-corrected chi connectivity index (χ2v) is 6.51. The summed E-state index contributed by atoms with van der Waals surface area (Å²) in [6.45, 7) is 7.01. The lowest BCUT2D eigenvalue weighted by Gasteiger charge is -2.36. The Balaban J connectivity index is 1.44. The maximum absolute atomic E-state index is 12.4. The average Bonchev–Trinajstić information content (AvgIpc) is 3.28. The van der Waals surface area contributed by atoms with Crippen molar-refractivity contribution in [2.45, 2.75) is 13.3 Å². The molecule has 0 aliphatic carbocycles. The number of ether oxygens (including phenoxy) is 1. The summed E-state index contributed by atoms with van der Waals surface area (Å²) in [4.78, 5) is 21.1. The highest BCUT2D eigenvalue weighted by Gasteiger charge is 2.25. The molecule has 150 valence electrons. The number of hydrogen-bond acceptors (Lipinski definition) is 4. The van der Waals surface area contributed by atoms with Gasteiger partial charge in [0.05, 0.1) is 12.9 Å². The zero-order chi connectivity index (χ0) is 19.6. The van der Waals surface area contributed by atoms with Gasteiger partial charge < -0.3 is 24.3 Å². The summed E-state index contributed by atoms with van der Waals surface area (Å²) in [6, 6.07) is 13.3. The Morgan fingerprint density at radius 1 is 1.11 bits per heavy atom. The van der Waals surface area contributed by atoms with Gasteiger partial charge in [0, 0.05) is 45.7 Å². The quantitative estimate of drug-likeness (QED) is 0.451. The number of hydrogen-bond donors (Lipinski definition) is 1. The zero-order valence-corrected chi connectivity index (χ0v) is 16.3. The molecule has 0 saturated carbocycles. The molecule has 1 aromatic carbocycles. The van der Waals surface area contributed by atoms with Gasteiger partial charge in [0.15, 0.2) is 11.7 Å². The van der Waals surface area contributed by atoms with Crippen molar-refractivity contribution in [3.05, 3.63) is 54.5 Å². The molecule has 2 heterocycles. The minimum atomic E-state index is -0.0512. The van der Waals surface area contributed by atoms with Crippen molar-refractivity contribution < 1.29 is 13.9 Å². The van der Waals surface area contributed by atoms with Crippen LogP contribution in [-0.4, -0.2) is 67.5 Å². The van der Waals surface area contributed by atoms with Crippen LogP contribution >= 0.6 is 0 Å². The number of rotatable bonds is 7. The van der Waals surface area contributed by atoms with Crippen LogP contribution < -0.4 is 10.1 Å². The second-order valence-electron chi connectivity index (χ2n) is 6.51. The minimum Gasteiger partial charge on any atom is -0.494 e.